The molecule has 100 valence electrons. The molecule has 0 spiro atoms. The van der Waals surface area contributed by atoms with E-state index in [4.69, 9.17) is 0 Å². The fraction of sp³-hybridized carbons (Fsp3) is 0.294. The van der Waals surface area contributed by atoms with Crippen LogP contribution in [-0.2, 0) is 0 Å². The number of nitrogens with one attached hydrogen (secondary N) is 1. The summed E-state index contributed by atoms with van der Waals surface area (Å²) >= 11 is 0. The van der Waals surface area contributed by atoms with Gasteiger partial charge in [-0.15, -0.1) is 0 Å². The molecule has 1 N–H and O–H groups in total. The van der Waals surface area contributed by atoms with Crippen LogP contribution in [0.25, 0.3) is 0 Å². The third-order valence-corrected chi connectivity index (χ3v) is 3.20. The standard InChI is InChI=1S/C17H20FN/c1-3-11-19-17(14-7-5-4-6-8-14)15-10-9-13(2)12-16(15)18/h4-10,12,17,19H,3,11H2,1-2H3. The number of aryl methyl sites for hydroxylation is 1. The van der Waals surface area contributed by atoms with E-state index in [9.17, 15) is 4.39 Å². The Hall–Kier alpha value is -1.67. The van der Waals surface area contributed by atoms with Crippen LogP contribution in [0.4, 0.5) is 4.39 Å². The quantitative estimate of drug-likeness (QED) is 0.845. The van der Waals surface area contributed by atoms with E-state index in [-0.39, 0.29) is 11.9 Å². The molecule has 0 heterocycles. The lowest BCUT2D eigenvalue weighted by Crippen LogP contribution is -2.24. The van der Waals surface area contributed by atoms with Crippen molar-refractivity contribution < 1.29 is 4.39 Å². The molecule has 0 saturated heterocycles. The summed E-state index contributed by atoms with van der Waals surface area (Å²) in [7, 11) is 0. The first-order valence-electron chi connectivity index (χ1n) is 6.76. The second-order valence-electron chi connectivity index (χ2n) is 4.82. The normalized spacial score (nSPS) is 12.4. The predicted molar refractivity (Wildman–Crippen MR) is 77.7 cm³/mol. The molecule has 0 fully saturated rings. The average Bonchev–Trinajstić information content (AvgIpc) is 2.42. The smallest absolute Gasteiger partial charge is 0.128 e. The molecule has 19 heavy (non-hydrogen) atoms. The van der Waals surface area contributed by atoms with Gasteiger partial charge in [-0.25, -0.2) is 4.39 Å². The van der Waals surface area contributed by atoms with Crippen LogP contribution in [0.1, 0.15) is 36.1 Å². The van der Waals surface area contributed by atoms with Crippen LogP contribution in [-0.4, -0.2) is 6.54 Å². The molecule has 0 radical (unpaired) electrons. The summed E-state index contributed by atoms with van der Waals surface area (Å²) < 4.78 is 14.2. The van der Waals surface area contributed by atoms with Crippen LogP contribution in [0.2, 0.25) is 0 Å². The number of rotatable bonds is 5. The van der Waals surface area contributed by atoms with Gasteiger partial charge in [0, 0.05) is 5.56 Å². The molecular formula is C17H20FN. The van der Waals surface area contributed by atoms with E-state index in [1.165, 1.54) is 0 Å². The Morgan fingerprint density at radius 3 is 2.47 bits per heavy atom. The topological polar surface area (TPSA) is 12.0 Å². The zero-order valence-electron chi connectivity index (χ0n) is 11.5. The monoisotopic (exact) mass is 257 g/mol. The van der Waals surface area contributed by atoms with Crippen molar-refractivity contribution in [1.82, 2.24) is 5.32 Å². The first-order chi connectivity index (χ1) is 9.22. The lowest BCUT2D eigenvalue weighted by atomic mass is 9.97. The van der Waals surface area contributed by atoms with E-state index < -0.39 is 0 Å². The zero-order valence-corrected chi connectivity index (χ0v) is 11.5. The van der Waals surface area contributed by atoms with E-state index >= 15 is 0 Å². The molecule has 1 nitrogen and oxygen atoms in total. The zero-order chi connectivity index (χ0) is 13.7. The number of benzene rings is 2. The Labute approximate surface area is 114 Å². The third-order valence-electron chi connectivity index (χ3n) is 3.20. The summed E-state index contributed by atoms with van der Waals surface area (Å²) in [5, 5.41) is 3.42. The second kappa shape index (κ2) is 6.48. The molecule has 1 atom stereocenters. The number of hydrogen-bond donors (Lipinski definition) is 1. The summed E-state index contributed by atoms with van der Waals surface area (Å²) in [6.07, 6.45) is 1.02. The molecule has 0 aliphatic carbocycles. The van der Waals surface area contributed by atoms with Gasteiger partial charge in [0.1, 0.15) is 5.82 Å². The van der Waals surface area contributed by atoms with Gasteiger partial charge >= 0.3 is 0 Å². The Morgan fingerprint density at radius 2 is 1.84 bits per heavy atom. The van der Waals surface area contributed by atoms with Crippen molar-refractivity contribution in [1.29, 1.82) is 0 Å². The maximum Gasteiger partial charge on any atom is 0.128 e. The van der Waals surface area contributed by atoms with Crippen molar-refractivity contribution in [3.05, 3.63) is 71.0 Å². The number of halogens is 1. The molecule has 2 rings (SSSR count). The molecule has 0 bridgehead atoms. The van der Waals surface area contributed by atoms with Crippen LogP contribution < -0.4 is 5.32 Å². The van der Waals surface area contributed by atoms with Gasteiger partial charge in [-0.05, 0) is 37.1 Å². The van der Waals surface area contributed by atoms with Crippen LogP contribution in [0.5, 0.6) is 0 Å². The predicted octanol–water partition coefficient (Wildman–Crippen LogP) is 4.22. The minimum Gasteiger partial charge on any atom is -0.306 e. The average molecular weight is 257 g/mol. The molecule has 0 saturated carbocycles. The van der Waals surface area contributed by atoms with Crippen molar-refractivity contribution >= 4 is 0 Å². The van der Waals surface area contributed by atoms with Crippen molar-refractivity contribution in [3.8, 4) is 0 Å². The molecule has 2 aromatic rings. The van der Waals surface area contributed by atoms with E-state index in [0.717, 1.165) is 24.1 Å². The summed E-state index contributed by atoms with van der Waals surface area (Å²) in [5.74, 6) is -0.141. The number of hydrogen-bond acceptors (Lipinski definition) is 1. The van der Waals surface area contributed by atoms with Gasteiger partial charge in [-0.3, -0.25) is 0 Å². The van der Waals surface area contributed by atoms with Gasteiger partial charge in [0.15, 0.2) is 0 Å². The maximum atomic E-state index is 14.2. The Bertz CT molecular complexity index is 522. The molecule has 2 aromatic carbocycles. The fourth-order valence-electron chi connectivity index (χ4n) is 2.21. The second-order valence-corrected chi connectivity index (χ2v) is 4.82. The fourth-order valence-corrected chi connectivity index (χ4v) is 2.21. The Balaban J connectivity index is 2.37. The van der Waals surface area contributed by atoms with E-state index in [1.807, 2.05) is 49.4 Å². The minimum atomic E-state index is -0.141. The van der Waals surface area contributed by atoms with Gasteiger partial charge in [0.05, 0.1) is 6.04 Å². The van der Waals surface area contributed by atoms with Crippen LogP contribution >= 0.6 is 0 Å². The maximum absolute atomic E-state index is 14.2. The highest BCUT2D eigenvalue weighted by Crippen LogP contribution is 2.25. The van der Waals surface area contributed by atoms with E-state index in [2.05, 4.69) is 12.2 Å². The van der Waals surface area contributed by atoms with Gasteiger partial charge in [-0.1, -0.05) is 49.4 Å². The first kappa shape index (κ1) is 13.8. The van der Waals surface area contributed by atoms with Gasteiger partial charge < -0.3 is 5.32 Å². The molecule has 1 unspecified atom stereocenters. The summed E-state index contributed by atoms with van der Waals surface area (Å²) in [6.45, 7) is 4.89. The van der Waals surface area contributed by atoms with E-state index in [1.54, 1.807) is 6.07 Å². The van der Waals surface area contributed by atoms with Gasteiger partial charge in [-0.2, -0.15) is 0 Å². The van der Waals surface area contributed by atoms with Gasteiger partial charge in [0.2, 0.25) is 0 Å². The molecule has 0 aliphatic rings. The van der Waals surface area contributed by atoms with Crippen molar-refractivity contribution in [2.45, 2.75) is 26.3 Å². The van der Waals surface area contributed by atoms with Crippen molar-refractivity contribution in [2.75, 3.05) is 6.54 Å². The third kappa shape index (κ3) is 3.42. The van der Waals surface area contributed by atoms with Crippen LogP contribution in [0.15, 0.2) is 48.5 Å². The highest BCUT2D eigenvalue weighted by molar-refractivity contribution is 5.34. The first-order valence-corrected chi connectivity index (χ1v) is 6.76. The van der Waals surface area contributed by atoms with Crippen LogP contribution in [0.3, 0.4) is 0 Å². The molecule has 2 heteroatoms. The largest absolute Gasteiger partial charge is 0.306 e. The summed E-state index contributed by atoms with van der Waals surface area (Å²) in [4.78, 5) is 0. The Kier molecular flexibility index (Phi) is 4.69. The van der Waals surface area contributed by atoms with E-state index in [0.29, 0.717) is 5.56 Å². The van der Waals surface area contributed by atoms with Crippen molar-refractivity contribution in [2.24, 2.45) is 0 Å². The SMILES string of the molecule is CCCNC(c1ccccc1)c1ccc(C)cc1F. The summed E-state index contributed by atoms with van der Waals surface area (Å²) in [5.41, 5.74) is 2.76. The molecule has 0 aliphatic heterocycles. The lowest BCUT2D eigenvalue weighted by Gasteiger charge is -2.20. The van der Waals surface area contributed by atoms with Crippen LogP contribution in [0, 0.1) is 12.7 Å². The Morgan fingerprint density at radius 1 is 1.11 bits per heavy atom. The molecule has 0 aromatic heterocycles. The van der Waals surface area contributed by atoms with Gasteiger partial charge in [0.25, 0.3) is 0 Å². The van der Waals surface area contributed by atoms with Crippen molar-refractivity contribution in [3.63, 3.8) is 0 Å². The minimum absolute atomic E-state index is 0.0817. The molecule has 0 amide bonds. The lowest BCUT2D eigenvalue weighted by molar-refractivity contribution is 0.546. The molecular weight excluding hydrogens is 237 g/mol. The highest BCUT2D eigenvalue weighted by Gasteiger charge is 2.16. The highest BCUT2D eigenvalue weighted by atomic mass is 19.1. The summed E-state index contributed by atoms with van der Waals surface area (Å²) in [6, 6.07) is 15.4.